The lowest BCUT2D eigenvalue weighted by Crippen LogP contribution is -2.31. The van der Waals surface area contributed by atoms with Crippen molar-refractivity contribution in [2.45, 2.75) is 32.3 Å². The van der Waals surface area contributed by atoms with Crippen molar-refractivity contribution in [3.63, 3.8) is 0 Å². The van der Waals surface area contributed by atoms with Crippen molar-refractivity contribution in [2.24, 2.45) is 0 Å². The van der Waals surface area contributed by atoms with Crippen LogP contribution in [-0.4, -0.2) is 32.4 Å². The third-order valence-corrected chi connectivity index (χ3v) is 4.58. The number of aromatic nitrogens is 4. The van der Waals surface area contributed by atoms with Crippen LogP contribution in [0, 0.1) is 6.92 Å². The van der Waals surface area contributed by atoms with Gasteiger partial charge < -0.3 is 14.2 Å². The molecule has 4 aromatic rings. The standard InChI is InChI=1S/C20H14F6N4O2.ClH/c1-9(19(21,22)23)31-16-6-4-12(7-13(16)20(24,25)26)18-29-17(30-32-18)11-3-5-14-15(8-11)28-10(2)27-14;/h3-9H,1-2H3,(H,27,28);1H. The molecule has 0 aliphatic carbocycles. The molecule has 0 radical (unpaired) electrons. The molecule has 1 atom stereocenters. The SMILES string of the molecule is Cc1nc2ccc(-c3noc(-c4ccc(OC(C)C(F)(F)F)c(C(F)(F)F)c4)n3)cc2[nH]1.Cl. The number of benzene rings is 2. The molecule has 0 amide bonds. The topological polar surface area (TPSA) is 76.8 Å². The fourth-order valence-electron chi connectivity index (χ4n) is 2.98. The Balaban J connectivity index is 0.00000306. The van der Waals surface area contributed by atoms with E-state index in [0.29, 0.717) is 35.4 Å². The Morgan fingerprint density at radius 1 is 0.970 bits per heavy atom. The Bertz CT molecular complexity index is 1280. The second kappa shape index (κ2) is 8.58. The van der Waals surface area contributed by atoms with E-state index in [-0.39, 0.29) is 29.7 Å². The Morgan fingerprint density at radius 2 is 1.67 bits per heavy atom. The molecule has 0 spiro atoms. The van der Waals surface area contributed by atoms with E-state index in [0.717, 1.165) is 12.1 Å². The minimum atomic E-state index is -4.97. The lowest BCUT2D eigenvalue weighted by molar-refractivity contribution is -0.191. The highest BCUT2D eigenvalue weighted by Crippen LogP contribution is 2.40. The molecule has 13 heteroatoms. The maximum absolute atomic E-state index is 13.5. The molecule has 33 heavy (non-hydrogen) atoms. The van der Waals surface area contributed by atoms with Crippen molar-refractivity contribution in [2.75, 3.05) is 0 Å². The van der Waals surface area contributed by atoms with Crippen molar-refractivity contribution >= 4 is 23.4 Å². The summed E-state index contributed by atoms with van der Waals surface area (Å²) < 4.78 is 88.2. The number of aryl methyl sites for hydroxylation is 1. The number of ether oxygens (including phenoxy) is 1. The summed E-state index contributed by atoms with van der Waals surface area (Å²) in [5.74, 6) is -0.366. The van der Waals surface area contributed by atoms with Crippen LogP contribution in [0.25, 0.3) is 33.9 Å². The number of nitrogens with one attached hydrogen (secondary N) is 1. The summed E-state index contributed by atoms with van der Waals surface area (Å²) in [6.07, 6.45) is -12.2. The number of rotatable bonds is 4. The van der Waals surface area contributed by atoms with Gasteiger partial charge in [-0.3, -0.25) is 0 Å². The monoisotopic (exact) mass is 492 g/mol. The van der Waals surface area contributed by atoms with Crippen LogP contribution < -0.4 is 4.74 Å². The van der Waals surface area contributed by atoms with Crippen LogP contribution in [0.1, 0.15) is 18.3 Å². The highest BCUT2D eigenvalue weighted by molar-refractivity contribution is 5.85. The first-order valence-electron chi connectivity index (χ1n) is 9.17. The number of fused-ring (bicyclic) bond motifs is 1. The maximum atomic E-state index is 13.5. The van der Waals surface area contributed by atoms with E-state index in [1.807, 2.05) is 0 Å². The number of hydrogen-bond acceptors (Lipinski definition) is 5. The second-order valence-electron chi connectivity index (χ2n) is 6.99. The molecular formula is C20H15ClF6N4O2. The average Bonchev–Trinajstić information content (AvgIpc) is 3.32. The minimum absolute atomic E-state index is 0. The van der Waals surface area contributed by atoms with Gasteiger partial charge in [0, 0.05) is 11.1 Å². The largest absolute Gasteiger partial charge is 0.481 e. The van der Waals surface area contributed by atoms with Gasteiger partial charge >= 0.3 is 12.4 Å². The van der Waals surface area contributed by atoms with Crippen molar-refractivity contribution in [1.82, 2.24) is 20.1 Å². The molecule has 0 aliphatic rings. The smallest absolute Gasteiger partial charge is 0.425 e. The first-order chi connectivity index (χ1) is 14.9. The van der Waals surface area contributed by atoms with Crippen molar-refractivity contribution in [3.8, 4) is 28.6 Å². The van der Waals surface area contributed by atoms with E-state index in [2.05, 4.69) is 24.8 Å². The van der Waals surface area contributed by atoms with Crippen LogP contribution in [0.15, 0.2) is 40.9 Å². The number of nitrogens with zero attached hydrogens (tertiary/aromatic N) is 3. The molecule has 4 rings (SSSR count). The van der Waals surface area contributed by atoms with E-state index < -0.39 is 29.8 Å². The van der Waals surface area contributed by atoms with Gasteiger partial charge in [-0.2, -0.15) is 31.3 Å². The number of imidazole rings is 1. The van der Waals surface area contributed by atoms with Gasteiger partial charge in [0.1, 0.15) is 11.6 Å². The summed E-state index contributed by atoms with van der Waals surface area (Å²) in [5, 5.41) is 3.79. The van der Waals surface area contributed by atoms with Crippen LogP contribution in [0.2, 0.25) is 0 Å². The van der Waals surface area contributed by atoms with E-state index in [1.165, 1.54) is 0 Å². The van der Waals surface area contributed by atoms with Crippen molar-refractivity contribution in [1.29, 1.82) is 0 Å². The number of H-pyrrole nitrogens is 1. The van der Waals surface area contributed by atoms with E-state index in [4.69, 9.17) is 4.52 Å². The summed E-state index contributed by atoms with van der Waals surface area (Å²) >= 11 is 0. The first-order valence-corrected chi connectivity index (χ1v) is 9.17. The van der Waals surface area contributed by atoms with E-state index >= 15 is 0 Å². The van der Waals surface area contributed by atoms with Gasteiger partial charge in [0.25, 0.3) is 5.89 Å². The van der Waals surface area contributed by atoms with Crippen LogP contribution in [0.5, 0.6) is 5.75 Å². The zero-order chi connectivity index (χ0) is 23.3. The lowest BCUT2D eigenvalue weighted by Gasteiger charge is -2.20. The van der Waals surface area contributed by atoms with Crippen LogP contribution in [0.4, 0.5) is 26.3 Å². The fraction of sp³-hybridized carbons (Fsp3) is 0.250. The molecule has 2 aromatic heterocycles. The maximum Gasteiger partial charge on any atom is 0.425 e. The van der Waals surface area contributed by atoms with E-state index in [1.54, 1.807) is 25.1 Å². The number of alkyl halides is 6. The van der Waals surface area contributed by atoms with Crippen molar-refractivity contribution in [3.05, 3.63) is 47.8 Å². The van der Waals surface area contributed by atoms with Gasteiger partial charge in [-0.1, -0.05) is 5.16 Å². The quantitative estimate of drug-likeness (QED) is 0.335. The fourth-order valence-corrected chi connectivity index (χ4v) is 2.98. The van der Waals surface area contributed by atoms with Crippen LogP contribution in [0.3, 0.4) is 0 Å². The summed E-state index contributed by atoms with van der Waals surface area (Å²) in [6.45, 7) is 2.41. The number of halogens is 7. The van der Waals surface area contributed by atoms with Gasteiger partial charge in [0.15, 0.2) is 6.10 Å². The molecule has 0 saturated carbocycles. The summed E-state index contributed by atoms with van der Waals surface area (Å²) in [5.41, 5.74) is 0.451. The Hall–Kier alpha value is -3.28. The second-order valence-corrected chi connectivity index (χ2v) is 6.99. The molecular weight excluding hydrogens is 478 g/mol. The van der Waals surface area contributed by atoms with Crippen LogP contribution >= 0.6 is 12.4 Å². The predicted molar refractivity (Wildman–Crippen MR) is 108 cm³/mol. The van der Waals surface area contributed by atoms with Crippen molar-refractivity contribution < 1.29 is 35.6 Å². The molecule has 0 aliphatic heterocycles. The zero-order valence-electron chi connectivity index (χ0n) is 16.9. The molecule has 1 N–H and O–H groups in total. The highest BCUT2D eigenvalue weighted by atomic mass is 35.5. The molecule has 0 saturated heterocycles. The molecule has 1 unspecified atom stereocenters. The predicted octanol–water partition coefficient (Wildman–Crippen LogP) is 6.36. The number of aromatic amines is 1. The Kier molecular flexibility index (Phi) is 6.33. The van der Waals surface area contributed by atoms with Gasteiger partial charge in [0.05, 0.1) is 16.6 Å². The Labute approximate surface area is 188 Å². The van der Waals surface area contributed by atoms with Gasteiger partial charge in [-0.05, 0) is 50.2 Å². The first kappa shape index (κ1) is 24.4. The molecule has 6 nitrogen and oxygen atoms in total. The van der Waals surface area contributed by atoms with Gasteiger partial charge in [-0.25, -0.2) is 4.98 Å². The third kappa shape index (κ3) is 5.05. The summed E-state index contributed by atoms with van der Waals surface area (Å²) in [6, 6.07) is 7.63. The lowest BCUT2D eigenvalue weighted by atomic mass is 10.1. The normalized spacial score (nSPS) is 13.1. The molecule has 0 bridgehead atoms. The molecule has 2 aromatic carbocycles. The Morgan fingerprint density at radius 3 is 2.33 bits per heavy atom. The molecule has 2 heterocycles. The highest BCUT2D eigenvalue weighted by Gasteiger charge is 2.41. The third-order valence-electron chi connectivity index (χ3n) is 4.58. The zero-order valence-corrected chi connectivity index (χ0v) is 17.7. The summed E-state index contributed by atoms with van der Waals surface area (Å²) in [4.78, 5) is 11.4. The van der Waals surface area contributed by atoms with Gasteiger partial charge in [-0.15, -0.1) is 12.4 Å². The summed E-state index contributed by atoms with van der Waals surface area (Å²) in [7, 11) is 0. The molecule has 0 fully saturated rings. The minimum Gasteiger partial charge on any atom is -0.481 e. The van der Waals surface area contributed by atoms with E-state index in [9.17, 15) is 26.3 Å². The number of hydrogen-bond donors (Lipinski definition) is 1. The van der Waals surface area contributed by atoms with Gasteiger partial charge in [0.2, 0.25) is 5.82 Å². The average molecular weight is 493 g/mol. The van der Waals surface area contributed by atoms with Crippen LogP contribution in [-0.2, 0) is 6.18 Å². The molecule has 176 valence electrons.